The average molecular weight is 510 g/mol. The molecule has 1 N–H and O–H groups in total. The molecule has 1 aromatic heterocycles. The molecule has 4 rings (SSSR count). The first-order valence-electron chi connectivity index (χ1n) is 12.4. The van der Waals surface area contributed by atoms with Gasteiger partial charge in [0.2, 0.25) is 0 Å². The van der Waals surface area contributed by atoms with Gasteiger partial charge in [-0.1, -0.05) is 72.7 Å². The molecular weight excluding hydrogens is 475 g/mol. The number of para-hydroxylation sites is 1. The van der Waals surface area contributed by atoms with Crippen LogP contribution < -0.4 is 0 Å². The lowest BCUT2D eigenvalue weighted by molar-refractivity contribution is -0.137. The molecule has 1 heterocycles. The molecule has 4 aromatic rings. The van der Waals surface area contributed by atoms with E-state index in [1.54, 1.807) is 12.1 Å². The number of benzene rings is 3. The highest BCUT2D eigenvalue weighted by Gasteiger charge is 2.36. The van der Waals surface area contributed by atoms with Gasteiger partial charge in [0.15, 0.2) is 0 Å². The lowest BCUT2D eigenvalue weighted by Gasteiger charge is -2.38. The van der Waals surface area contributed by atoms with Gasteiger partial charge < -0.3 is 5.11 Å². The van der Waals surface area contributed by atoms with Crippen molar-refractivity contribution < 1.29 is 18.3 Å². The third kappa shape index (κ3) is 5.36. The molecule has 0 spiro atoms. The second kappa shape index (κ2) is 8.89. The molecule has 3 aromatic carbocycles. The summed E-state index contributed by atoms with van der Waals surface area (Å²) in [5.74, 6) is 0.233. The van der Waals surface area contributed by atoms with Gasteiger partial charge in [-0.3, -0.25) is 0 Å². The quantitative estimate of drug-likeness (QED) is 0.295. The van der Waals surface area contributed by atoms with Crippen LogP contribution in [0, 0.1) is 5.41 Å². The van der Waals surface area contributed by atoms with E-state index in [4.69, 9.17) is 0 Å². The maximum Gasteiger partial charge on any atom is 0.416 e. The van der Waals surface area contributed by atoms with Crippen LogP contribution in [-0.4, -0.2) is 20.1 Å². The predicted molar refractivity (Wildman–Crippen MR) is 141 cm³/mol. The number of fused-ring (bicyclic) bond motifs is 1. The van der Waals surface area contributed by atoms with Crippen LogP contribution in [0.5, 0.6) is 5.75 Å². The number of aromatic nitrogens is 3. The van der Waals surface area contributed by atoms with Gasteiger partial charge in [-0.2, -0.15) is 18.0 Å². The van der Waals surface area contributed by atoms with Crippen LogP contribution in [0.1, 0.15) is 77.1 Å². The topological polar surface area (TPSA) is 50.9 Å². The lowest BCUT2D eigenvalue weighted by Crippen LogP contribution is -2.30. The molecule has 0 atom stereocenters. The Labute approximate surface area is 216 Å². The largest absolute Gasteiger partial charge is 0.508 e. The Bertz CT molecular complexity index is 1440. The molecule has 7 heteroatoms. The summed E-state index contributed by atoms with van der Waals surface area (Å²) in [7, 11) is 0. The zero-order valence-electron chi connectivity index (χ0n) is 22.4. The molecule has 4 nitrogen and oxygen atoms in total. The molecule has 0 amide bonds. The van der Waals surface area contributed by atoms with E-state index in [9.17, 15) is 18.3 Å². The second-order valence-corrected chi connectivity index (χ2v) is 12.2. The highest BCUT2D eigenvalue weighted by atomic mass is 19.4. The molecule has 37 heavy (non-hydrogen) atoms. The van der Waals surface area contributed by atoms with E-state index in [2.05, 4.69) is 58.7 Å². The van der Waals surface area contributed by atoms with Crippen LogP contribution in [-0.2, 0) is 17.0 Å². The lowest BCUT2D eigenvalue weighted by atomic mass is 9.66. The summed E-state index contributed by atoms with van der Waals surface area (Å²) >= 11 is 0. The summed E-state index contributed by atoms with van der Waals surface area (Å²) in [4.78, 5) is 1.40. The van der Waals surface area contributed by atoms with Crippen LogP contribution >= 0.6 is 0 Å². The maximum absolute atomic E-state index is 13.2. The van der Waals surface area contributed by atoms with Crippen molar-refractivity contribution in [1.82, 2.24) is 15.0 Å². The van der Waals surface area contributed by atoms with Crippen molar-refractivity contribution in [2.45, 2.75) is 71.9 Å². The standard InChI is InChI=1S/C30H34F3N3O/c1-27(2,3)18-28(4,5)23-17-20(13-14-21(23)29(6,7)22-10-8-9-11-26(22)37)36-34-24-15-12-19(30(31,32)33)16-25(24)35-36/h8-17,37H,18H2,1-7H3. The second-order valence-electron chi connectivity index (χ2n) is 12.2. The molecule has 0 saturated heterocycles. The van der Waals surface area contributed by atoms with Gasteiger partial charge in [-0.15, -0.1) is 10.2 Å². The zero-order valence-corrected chi connectivity index (χ0v) is 22.4. The first-order chi connectivity index (χ1) is 17.0. The number of hydrogen-bond acceptors (Lipinski definition) is 3. The number of phenolic OH excluding ortho intramolecular Hbond substituents is 1. The summed E-state index contributed by atoms with van der Waals surface area (Å²) in [5.41, 5.74) is 2.71. The van der Waals surface area contributed by atoms with Crippen LogP contribution in [0.2, 0.25) is 0 Å². The fourth-order valence-electron chi connectivity index (χ4n) is 5.54. The van der Waals surface area contributed by atoms with Crippen molar-refractivity contribution >= 4 is 11.0 Å². The van der Waals surface area contributed by atoms with Crippen LogP contribution in [0.15, 0.2) is 60.7 Å². The molecule has 0 aliphatic rings. The summed E-state index contributed by atoms with van der Waals surface area (Å²) < 4.78 is 39.6. The number of halogens is 3. The van der Waals surface area contributed by atoms with E-state index in [1.807, 2.05) is 30.3 Å². The Morgan fingerprint density at radius 3 is 2.00 bits per heavy atom. The summed E-state index contributed by atoms with van der Waals surface area (Å²) in [6.45, 7) is 15.2. The summed E-state index contributed by atoms with van der Waals surface area (Å²) in [6, 6.07) is 16.7. The molecular formula is C30H34F3N3O. The average Bonchev–Trinajstić information content (AvgIpc) is 3.20. The van der Waals surface area contributed by atoms with Crippen LogP contribution in [0.3, 0.4) is 0 Å². The Morgan fingerprint density at radius 1 is 0.730 bits per heavy atom. The maximum atomic E-state index is 13.2. The summed E-state index contributed by atoms with van der Waals surface area (Å²) in [6.07, 6.45) is -3.56. The Balaban J connectivity index is 1.90. The van der Waals surface area contributed by atoms with Crippen molar-refractivity contribution in [2.75, 3.05) is 0 Å². The Kier molecular flexibility index (Phi) is 6.42. The third-order valence-corrected chi connectivity index (χ3v) is 6.89. The third-order valence-electron chi connectivity index (χ3n) is 6.89. The fraction of sp³-hybridized carbons (Fsp3) is 0.400. The number of rotatable bonds is 5. The number of hydrogen-bond donors (Lipinski definition) is 1. The summed E-state index contributed by atoms with van der Waals surface area (Å²) in [5, 5.41) is 19.5. The van der Waals surface area contributed by atoms with Crippen molar-refractivity contribution in [2.24, 2.45) is 5.41 Å². The number of phenols is 1. The minimum absolute atomic E-state index is 0.0441. The number of nitrogens with zero attached hydrogens (tertiary/aromatic N) is 3. The molecule has 0 aliphatic heterocycles. The van der Waals surface area contributed by atoms with Gasteiger partial charge in [0.1, 0.15) is 16.8 Å². The molecule has 0 saturated carbocycles. The van der Waals surface area contributed by atoms with Crippen molar-refractivity contribution in [3.05, 3.63) is 82.9 Å². The van der Waals surface area contributed by atoms with Crippen molar-refractivity contribution in [1.29, 1.82) is 0 Å². The number of alkyl halides is 3. The van der Waals surface area contributed by atoms with Gasteiger partial charge in [0, 0.05) is 11.0 Å². The monoisotopic (exact) mass is 509 g/mol. The smallest absolute Gasteiger partial charge is 0.416 e. The van der Waals surface area contributed by atoms with Gasteiger partial charge >= 0.3 is 6.18 Å². The molecule has 0 radical (unpaired) electrons. The molecule has 0 fully saturated rings. The molecule has 0 unspecified atom stereocenters. The SMILES string of the molecule is CC(C)(C)CC(C)(C)c1cc(-n2nc3ccc(C(F)(F)F)cc3n2)ccc1C(C)(C)c1ccccc1O. The van der Waals surface area contributed by atoms with E-state index in [0.29, 0.717) is 11.2 Å². The first kappa shape index (κ1) is 26.7. The van der Waals surface area contributed by atoms with E-state index in [1.165, 1.54) is 10.9 Å². The first-order valence-corrected chi connectivity index (χ1v) is 12.4. The van der Waals surface area contributed by atoms with Gasteiger partial charge in [0.05, 0.1) is 11.3 Å². The van der Waals surface area contributed by atoms with E-state index < -0.39 is 17.2 Å². The minimum Gasteiger partial charge on any atom is -0.508 e. The Morgan fingerprint density at radius 2 is 1.38 bits per heavy atom. The van der Waals surface area contributed by atoms with E-state index in [0.717, 1.165) is 35.2 Å². The normalized spacial score (nSPS) is 13.4. The highest BCUT2D eigenvalue weighted by Crippen LogP contribution is 2.45. The zero-order chi connectivity index (χ0) is 27.4. The Hall–Kier alpha value is -3.35. The molecule has 0 bridgehead atoms. The van der Waals surface area contributed by atoms with Crippen LogP contribution in [0.4, 0.5) is 13.2 Å². The highest BCUT2D eigenvalue weighted by molar-refractivity contribution is 5.75. The van der Waals surface area contributed by atoms with Gasteiger partial charge in [-0.05, 0) is 64.8 Å². The van der Waals surface area contributed by atoms with Crippen molar-refractivity contribution in [3.8, 4) is 11.4 Å². The van der Waals surface area contributed by atoms with Crippen molar-refractivity contribution in [3.63, 3.8) is 0 Å². The number of aromatic hydroxyl groups is 1. The molecule has 0 aliphatic carbocycles. The van der Waals surface area contributed by atoms with Gasteiger partial charge in [-0.25, -0.2) is 0 Å². The minimum atomic E-state index is -4.45. The van der Waals surface area contributed by atoms with Gasteiger partial charge in [0.25, 0.3) is 0 Å². The fourth-order valence-corrected chi connectivity index (χ4v) is 5.54. The van der Waals surface area contributed by atoms with Crippen LogP contribution in [0.25, 0.3) is 16.7 Å². The predicted octanol–water partition coefficient (Wildman–Crippen LogP) is 8.18. The van der Waals surface area contributed by atoms with E-state index >= 15 is 0 Å². The van der Waals surface area contributed by atoms with E-state index in [-0.39, 0.29) is 22.1 Å². The molecule has 196 valence electrons.